The summed E-state index contributed by atoms with van der Waals surface area (Å²) in [7, 11) is 0. The third kappa shape index (κ3) is 6.67. The number of nitrogens with zero attached hydrogens (tertiary/aromatic N) is 3. The molecular formula is C32H39FN4O3S. The maximum absolute atomic E-state index is 14.2. The lowest BCUT2D eigenvalue weighted by Crippen LogP contribution is -2.47. The van der Waals surface area contributed by atoms with Gasteiger partial charge in [0.2, 0.25) is 5.91 Å². The molecule has 1 aromatic heterocycles. The zero-order chi connectivity index (χ0) is 28.2. The molecule has 7 nitrogen and oxygen atoms in total. The number of aryl methyl sites for hydroxylation is 1. The Balaban J connectivity index is 1.02. The van der Waals surface area contributed by atoms with Crippen LogP contribution in [0.5, 0.6) is 0 Å². The third-order valence-electron chi connectivity index (χ3n) is 8.88. The van der Waals surface area contributed by atoms with E-state index in [1.54, 1.807) is 28.4 Å². The maximum Gasteiger partial charge on any atom is 0.408 e. The number of halogens is 1. The number of ether oxygens (including phenoxy) is 1. The van der Waals surface area contributed by atoms with Crippen molar-refractivity contribution in [2.45, 2.75) is 51.4 Å². The maximum atomic E-state index is 14.2. The van der Waals surface area contributed by atoms with Gasteiger partial charge in [0.25, 0.3) is 0 Å². The van der Waals surface area contributed by atoms with Crippen LogP contribution in [0, 0.1) is 11.7 Å². The largest absolute Gasteiger partial charge is 0.428 e. The molecule has 3 aliphatic rings. The van der Waals surface area contributed by atoms with Crippen LogP contribution in [0.2, 0.25) is 0 Å². The number of benzene rings is 2. The summed E-state index contributed by atoms with van der Waals surface area (Å²) in [4.78, 5) is 31.5. The fraction of sp³-hybridized carbons (Fsp3) is 0.500. The zero-order valence-corrected chi connectivity index (χ0v) is 24.4. The Bertz CT molecular complexity index is 1380. The quantitative estimate of drug-likeness (QED) is 0.358. The fourth-order valence-corrected chi connectivity index (χ4v) is 7.28. The Hall–Kier alpha value is -3.17. The SMILES string of the molecule is O=C(NCC1CCCCC1)OCN1C(=O)CCc2ccc(CCN3CCN(c4cc(F)cc5sccc45)CC3)cc21. The van der Waals surface area contributed by atoms with Gasteiger partial charge in [0.05, 0.1) is 5.69 Å². The van der Waals surface area contributed by atoms with Crippen molar-refractivity contribution in [1.29, 1.82) is 0 Å². The molecule has 3 aromatic rings. The van der Waals surface area contributed by atoms with Gasteiger partial charge in [0, 0.05) is 61.5 Å². The Morgan fingerprint density at radius 1 is 1.00 bits per heavy atom. The van der Waals surface area contributed by atoms with Crippen LogP contribution >= 0.6 is 11.3 Å². The lowest BCUT2D eigenvalue weighted by molar-refractivity contribution is -0.119. The number of carbonyl (C=O) groups is 2. The van der Waals surface area contributed by atoms with Gasteiger partial charge in [-0.25, -0.2) is 9.18 Å². The number of nitrogens with one attached hydrogen (secondary N) is 1. The smallest absolute Gasteiger partial charge is 0.408 e. The van der Waals surface area contributed by atoms with Crippen LogP contribution in [0.1, 0.15) is 49.7 Å². The van der Waals surface area contributed by atoms with Crippen molar-refractivity contribution >= 4 is 44.8 Å². The molecule has 1 saturated carbocycles. The predicted molar refractivity (Wildman–Crippen MR) is 162 cm³/mol. The number of fused-ring (bicyclic) bond motifs is 2. The number of thiophene rings is 1. The number of rotatable bonds is 8. The molecule has 0 unspecified atom stereocenters. The van der Waals surface area contributed by atoms with E-state index in [2.05, 4.69) is 39.4 Å². The van der Waals surface area contributed by atoms with Crippen molar-refractivity contribution in [1.82, 2.24) is 10.2 Å². The first-order valence-electron chi connectivity index (χ1n) is 15.0. The van der Waals surface area contributed by atoms with E-state index in [0.29, 0.717) is 25.3 Å². The second kappa shape index (κ2) is 12.8. The summed E-state index contributed by atoms with van der Waals surface area (Å²) in [5.41, 5.74) is 4.13. The number of alkyl carbamates (subject to hydrolysis) is 1. The van der Waals surface area contributed by atoms with Gasteiger partial charge in [0.1, 0.15) is 5.82 Å². The molecule has 6 rings (SSSR count). The molecule has 1 saturated heterocycles. The highest BCUT2D eigenvalue weighted by atomic mass is 32.1. The molecule has 1 aliphatic carbocycles. The van der Waals surface area contributed by atoms with Crippen molar-refractivity contribution in [3.05, 3.63) is 58.7 Å². The summed E-state index contributed by atoms with van der Waals surface area (Å²) < 4.78 is 20.7. The van der Waals surface area contributed by atoms with Crippen molar-refractivity contribution in [3.8, 4) is 0 Å². The van der Waals surface area contributed by atoms with Crippen LogP contribution in [0.3, 0.4) is 0 Å². The predicted octanol–water partition coefficient (Wildman–Crippen LogP) is 5.95. The minimum absolute atomic E-state index is 0.0112. The van der Waals surface area contributed by atoms with E-state index in [0.717, 1.165) is 84.6 Å². The molecule has 0 atom stereocenters. The average molecular weight is 579 g/mol. The van der Waals surface area contributed by atoms with Crippen LogP contribution in [0.25, 0.3) is 10.1 Å². The molecule has 2 aromatic carbocycles. The highest BCUT2D eigenvalue weighted by molar-refractivity contribution is 7.17. The topological polar surface area (TPSA) is 65.1 Å². The second-order valence-corrected chi connectivity index (χ2v) is 12.5. The average Bonchev–Trinajstić information content (AvgIpc) is 3.47. The summed E-state index contributed by atoms with van der Waals surface area (Å²) in [6.07, 6.45) is 7.59. The number of hydrogen-bond acceptors (Lipinski definition) is 6. The van der Waals surface area contributed by atoms with Crippen LogP contribution < -0.4 is 15.1 Å². The monoisotopic (exact) mass is 578 g/mol. The number of anilines is 2. The Morgan fingerprint density at radius 3 is 2.66 bits per heavy atom. The van der Waals surface area contributed by atoms with Crippen molar-refractivity contribution in [2.75, 3.05) is 55.8 Å². The van der Waals surface area contributed by atoms with E-state index in [1.165, 1.54) is 19.3 Å². The standard InChI is InChI=1S/C32H39FN4O3S/c33-26-19-29(27-11-17-41-30(27)20-26)36-15-13-35(14-16-36)12-10-23-6-7-25-8-9-31(38)37(28(25)18-23)22-40-32(39)34-21-24-4-2-1-3-5-24/h6-7,11,17-20,24H,1-5,8-10,12-16,21-22H2,(H,34,39). The number of carbonyl (C=O) groups excluding carboxylic acids is 2. The first-order valence-corrected chi connectivity index (χ1v) is 15.9. The molecule has 3 heterocycles. The molecular weight excluding hydrogens is 539 g/mol. The Labute approximate surface area is 245 Å². The van der Waals surface area contributed by atoms with Gasteiger partial charge < -0.3 is 15.0 Å². The van der Waals surface area contributed by atoms with E-state index in [9.17, 15) is 14.0 Å². The highest BCUT2D eigenvalue weighted by Crippen LogP contribution is 2.33. The van der Waals surface area contributed by atoms with Gasteiger partial charge in [-0.1, -0.05) is 31.4 Å². The summed E-state index contributed by atoms with van der Waals surface area (Å²) in [5, 5.41) is 6.05. The first kappa shape index (κ1) is 28.0. The van der Waals surface area contributed by atoms with E-state index < -0.39 is 6.09 Å². The van der Waals surface area contributed by atoms with E-state index in [-0.39, 0.29) is 18.5 Å². The van der Waals surface area contributed by atoms with Gasteiger partial charge >= 0.3 is 6.09 Å². The number of piperazine rings is 1. The summed E-state index contributed by atoms with van der Waals surface area (Å²) in [6, 6.07) is 11.7. The molecule has 1 N–H and O–H groups in total. The summed E-state index contributed by atoms with van der Waals surface area (Å²) in [5.74, 6) is 0.336. The molecule has 0 spiro atoms. The second-order valence-electron chi connectivity index (χ2n) is 11.6. The van der Waals surface area contributed by atoms with Gasteiger partial charge in [-0.3, -0.25) is 14.6 Å². The van der Waals surface area contributed by atoms with Crippen LogP contribution in [0.4, 0.5) is 20.6 Å². The van der Waals surface area contributed by atoms with E-state index in [1.807, 2.05) is 5.38 Å². The minimum atomic E-state index is -0.455. The number of hydrogen-bond donors (Lipinski definition) is 1. The normalized spacial score (nSPS) is 18.5. The number of amides is 2. The minimum Gasteiger partial charge on any atom is -0.428 e. The van der Waals surface area contributed by atoms with Crippen molar-refractivity contribution in [3.63, 3.8) is 0 Å². The first-order chi connectivity index (χ1) is 20.0. The van der Waals surface area contributed by atoms with Crippen LogP contribution in [0.15, 0.2) is 41.8 Å². The van der Waals surface area contributed by atoms with Crippen molar-refractivity contribution in [2.24, 2.45) is 5.92 Å². The molecule has 2 amide bonds. The van der Waals surface area contributed by atoms with Gasteiger partial charge in [-0.15, -0.1) is 11.3 Å². The summed E-state index contributed by atoms with van der Waals surface area (Å²) in [6.45, 7) is 5.05. The fourth-order valence-electron chi connectivity index (χ4n) is 6.45. The molecule has 2 fully saturated rings. The lowest BCUT2D eigenvalue weighted by Gasteiger charge is -2.36. The van der Waals surface area contributed by atoms with Crippen molar-refractivity contribution < 1.29 is 18.7 Å². The zero-order valence-electron chi connectivity index (χ0n) is 23.6. The summed E-state index contributed by atoms with van der Waals surface area (Å²) >= 11 is 1.58. The molecule has 2 aliphatic heterocycles. The lowest BCUT2D eigenvalue weighted by atomic mass is 9.89. The molecule has 0 bridgehead atoms. The van der Waals surface area contributed by atoms with Crippen LogP contribution in [-0.2, 0) is 22.4 Å². The molecule has 0 radical (unpaired) electrons. The third-order valence-corrected chi connectivity index (χ3v) is 9.74. The van der Waals surface area contributed by atoms with E-state index >= 15 is 0 Å². The highest BCUT2D eigenvalue weighted by Gasteiger charge is 2.26. The Morgan fingerprint density at radius 2 is 1.83 bits per heavy atom. The molecule has 41 heavy (non-hydrogen) atoms. The van der Waals surface area contributed by atoms with Crippen LogP contribution in [-0.4, -0.2) is 62.9 Å². The van der Waals surface area contributed by atoms with Gasteiger partial charge in [0.15, 0.2) is 6.73 Å². The molecule has 9 heteroatoms. The van der Waals surface area contributed by atoms with Gasteiger partial charge in [-0.2, -0.15) is 0 Å². The van der Waals surface area contributed by atoms with Gasteiger partial charge in [-0.05, 0) is 72.4 Å². The molecule has 218 valence electrons. The van der Waals surface area contributed by atoms with E-state index in [4.69, 9.17) is 4.74 Å². The Kier molecular flexibility index (Phi) is 8.72.